The standard InChI is InChI=1S/C12H18N2O3/c1-7-3-4-9(17-7)12-11(13)8(5-10(15)16)6-14(12)2/h3-4,8,11-12H,5-6,13H2,1-2H3,(H,15,16). The zero-order valence-electron chi connectivity index (χ0n) is 10.1. The first-order valence-electron chi connectivity index (χ1n) is 5.73. The van der Waals surface area contributed by atoms with E-state index >= 15 is 0 Å². The predicted molar refractivity (Wildman–Crippen MR) is 62.5 cm³/mol. The second kappa shape index (κ2) is 4.50. The molecule has 0 amide bonds. The first kappa shape index (κ1) is 12.1. The molecular formula is C12H18N2O3. The SMILES string of the molecule is Cc1ccc(C2C(N)C(CC(=O)O)CN2C)o1. The Morgan fingerprint density at radius 2 is 2.35 bits per heavy atom. The molecule has 0 radical (unpaired) electrons. The van der Waals surface area contributed by atoms with Crippen molar-refractivity contribution in [3.05, 3.63) is 23.7 Å². The van der Waals surface area contributed by atoms with Gasteiger partial charge >= 0.3 is 5.97 Å². The molecule has 17 heavy (non-hydrogen) atoms. The molecule has 0 aliphatic carbocycles. The van der Waals surface area contributed by atoms with Crippen molar-refractivity contribution < 1.29 is 14.3 Å². The van der Waals surface area contributed by atoms with E-state index in [1.54, 1.807) is 0 Å². The molecule has 1 aromatic heterocycles. The van der Waals surface area contributed by atoms with Crippen LogP contribution in [0, 0.1) is 12.8 Å². The van der Waals surface area contributed by atoms with Gasteiger partial charge in [0.15, 0.2) is 0 Å². The molecule has 1 aliphatic heterocycles. The first-order valence-corrected chi connectivity index (χ1v) is 5.73. The van der Waals surface area contributed by atoms with Gasteiger partial charge in [-0.25, -0.2) is 0 Å². The van der Waals surface area contributed by atoms with Gasteiger partial charge in [-0.1, -0.05) is 0 Å². The van der Waals surface area contributed by atoms with E-state index in [2.05, 4.69) is 4.90 Å². The van der Waals surface area contributed by atoms with Crippen LogP contribution in [0.4, 0.5) is 0 Å². The Hall–Kier alpha value is -1.33. The lowest BCUT2D eigenvalue weighted by Crippen LogP contribution is -2.33. The number of likely N-dealkylation sites (N-methyl/N-ethyl adjacent to an activating group) is 1. The van der Waals surface area contributed by atoms with Crippen molar-refractivity contribution in [2.75, 3.05) is 13.6 Å². The number of aliphatic carboxylic acids is 1. The third kappa shape index (κ3) is 2.35. The van der Waals surface area contributed by atoms with Crippen LogP contribution in [0.2, 0.25) is 0 Å². The zero-order chi connectivity index (χ0) is 12.6. The van der Waals surface area contributed by atoms with Crippen molar-refractivity contribution in [2.45, 2.75) is 25.4 Å². The van der Waals surface area contributed by atoms with Crippen LogP contribution in [0.25, 0.3) is 0 Å². The summed E-state index contributed by atoms with van der Waals surface area (Å²) in [7, 11) is 1.95. The molecule has 1 aliphatic rings. The summed E-state index contributed by atoms with van der Waals surface area (Å²) < 4.78 is 5.59. The highest BCUT2D eigenvalue weighted by Gasteiger charge is 2.40. The molecule has 2 rings (SSSR count). The number of hydrogen-bond acceptors (Lipinski definition) is 4. The number of carbonyl (C=O) groups is 1. The minimum Gasteiger partial charge on any atom is -0.481 e. The van der Waals surface area contributed by atoms with Gasteiger partial charge in [-0.2, -0.15) is 0 Å². The average Bonchev–Trinajstić information content (AvgIpc) is 2.72. The summed E-state index contributed by atoms with van der Waals surface area (Å²) in [5, 5.41) is 8.84. The lowest BCUT2D eigenvalue weighted by molar-refractivity contribution is -0.138. The maximum atomic E-state index is 10.8. The molecule has 3 atom stereocenters. The molecule has 1 saturated heterocycles. The highest BCUT2D eigenvalue weighted by atomic mass is 16.4. The molecule has 0 saturated carbocycles. The molecule has 5 nitrogen and oxygen atoms in total. The van der Waals surface area contributed by atoms with Crippen LogP contribution in [-0.4, -0.2) is 35.6 Å². The third-order valence-corrected chi connectivity index (χ3v) is 3.40. The van der Waals surface area contributed by atoms with Crippen LogP contribution >= 0.6 is 0 Å². The van der Waals surface area contributed by atoms with E-state index in [1.165, 1.54) is 0 Å². The molecule has 5 heteroatoms. The average molecular weight is 238 g/mol. The van der Waals surface area contributed by atoms with E-state index in [9.17, 15) is 4.79 Å². The van der Waals surface area contributed by atoms with Crippen LogP contribution in [-0.2, 0) is 4.79 Å². The summed E-state index contributed by atoms with van der Waals surface area (Å²) in [6.45, 7) is 2.58. The maximum Gasteiger partial charge on any atom is 0.303 e. The quantitative estimate of drug-likeness (QED) is 0.821. The lowest BCUT2D eigenvalue weighted by Gasteiger charge is -2.20. The second-order valence-electron chi connectivity index (χ2n) is 4.77. The summed E-state index contributed by atoms with van der Waals surface area (Å²) >= 11 is 0. The largest absolute Gasteiger partial charge is 0.481 e. The fourth-order valence-corrected chi connectivity index (χ4v) is 2.60. The molecule has 94 valence electrons. The van der Waals surface area contributed by atoms with Crippen molar-refractivity contribution in [3.63, 3.8) is 0 Å². The van der Waals surface area contributed by atoms with Crippen LogP contribution in [0.3, 0.4) is 0 Å². The van der Waals surface area contributed by atoms with E-state index in [4.69, 9.17) is 15.3 Å². The molecule has 0 aromatic carbocycles. The Labute approximate surface area is 100 Å². The summed E-state index contributed by atoms with van der Waals surface area (Å²) in [4.78, 5) is 12.8. The number of likely N-dealkylation sites (tertiary alicyclic amines) is 1. The summed E-state index contributed by atoms with van der Waals surface area (Å²) in [5.41, 5.74) is 6.14. The van der Waals surface area contributed by atoms with Gasteiger partial charge in [-0.15, -0.1) is 0 Å². The minimum atomic E-state index is -0.796. The Balaban J connectivity index is 2.16. The number of carboxylic acids is 1. The predicted octanol–water partition coefficient (Wildman–Crippen LogP) is 0.993. The van der Waals surface area contributed by atoms with Gasteiger partial charge in [-0.05, 0) is 32.0 Å². The van der Waals surface area contributed by atoms with Gasteiger partial charge in [0.1, 0.15) is 11.5 Å². The number of aryl methyl sites for hydroxylation is 1. The lowest BCUT2D eigenvalue weighted by atomic mass is 9.95. The molecule has 0 spiro atoms. The summed E-state index contributed by atoms with van der Waals surface area (Å²) in [6.07, 6.45) is 0.113. The Morgan fingerprint density at radius 3 is 2.88 bits per heavy atom. The minimum absolute atomic E-state index is 0.0203. The van der Waals surface area contributed by atoms with Gasteiger partial charge in [0.2, 0.25) is 0 Å². The first-order chi connectivity index (χ1) is 7.99. The number of nitrogens with zero attached hydrogens (tertiary/aromatic N) is 1. The van der Waals surface area contributed by atoms with Crippen LogP contribution in [0.5, 0.6) is 0 Å². The van der Waals surface area contributed by atoms with E-state index in [1.807, 2.05) is 26.1 Å². The normalized spacial score (nSPS) is 29.7. The summed E-state index contributed by atoms with van der Waals surface area (Å²) in [6, 6.07) is 3.61. The Morgan fingerprint density at radius 1 is 1.65 bits per heavy atom. The number of nitrogens with two attached hydrogens (primary N) is 1. The number of furan rings is 1. The van der Waals surface area contributed by atoms with Crippen molar-refractivity contribution >= 4 is 5.97 Å². The van der Waals surface area contributed by atoms with Crippen molar-refractivity contribution in [3.8, 4) is 0 Å². The van der Waals surface area contributed by atoms with Gasteiger partial charge in [0, 0.05) is 12.6 Å². The highest BCUT2D eigenvalue weighted by molar-refractivity contribution is 5.67. The number of rotatable bonds is 3. The molecule has 3 N–H and O–H groups in total. The van der Waals surface area contributed by atoms with Crippen molar-refractivity contribution in [1.29, 1.82) is 0 Å². The smallest absolute Gasteiger partial charge is 0.303 e. The van der Waals surface area contributed by atoms with Crippen LogP contribution < -0.4 is 5.73 Å². The van der Waals surface area contributed by atoms with Gasteiger partial charge in [0.05, 0.1) is 12.5 Å². The molecule has 1 aromatic rings. The molecule has 1 fully saturated rings. The number of carboxylic acid groups (broad SMARTS) is 1. The summed E-state index contributed by atoms with van der Waals surface area (Å²) in [5.74, 6) is 0.857. The number of hydrogen-bond donors (Lipinski definition) is 2. The molecule has 0 bridgehead atoms. The fraction of sp³-hybridized carbons (Fsp3) is 0.583. The Bertz CT molecular complexity index is 416. The monoisotopic (exact) mass is 238 g/mol. The van der Waals surface area contributed by atoms with Crippen molar-refractivity contribution in [1.82, 2.24) is 4.90 Å². The fourth-order valence-electron chi connectivity index (χ4n) is 2.60. The zero-order valence-corrected chi connectivity index (χ0v) is 10.1. The third-order valence-electron chi connectivity index (χ3n) is 3.40. The van der Waals surface area contributed by atoms with E-state index in [0.717, 1.165) is 11.5 Å². The van der Waals surface area contributed by atoms with E-state index < -0.39 is 5.97 Å². The van der Waals surface area contributed by atoms with E-state index in [-0.39, 0.29) is 24.4 Å². The van der Waals surface area contributed by atoms with E-state index in [0.29, 0.717) is 6.54 Å². The second-order valence-corrected chi connectivity index (χ2v) is 4.77. The van der Waals surface area contributed by atoms with Crippen molar-refractivity contribution in [2.24, 2.45) is 11.7 Å². The molecule has 3 unspecified atom stereocenters. The topological polar surface area (TPSA) is 79.7 Å². The molecular weight excluding hydrogens is 220 g/mol. The maximum absolute atomic E-state index is 10.8. The van der Waals surface area contributed by atoms with Gasteiger partial charge in [0.25, 0.3) is 0 Å². The van der Waals surface area contributed by atoms with Gasteiger partial charge < -0.3 is 15.3 Å². The highest BCUT2D eigenvalue weighted by Crippen LogP contribution is 2.35. The molecule has 2 heterocycles. The van der Waals surface area contributed by atoms with Gasteiger partial charge in [-0.3, -0.25) is 9.69 Å². The van der Waals surface area contributed by atoms with Crippen LogP contribution in [0.15, 0.2) is 16.5 Å². The van der Waals surface area contributed by atoms with Crippen LogP contribution in [0.1, 0.15) is 24.0 Å². The Kier molecular flexibility index (Phi) is 3.22.